The van der Waals surface area contributed by atoms with Crippen LogP contribution in [0.3, 0.4) is 0 Å². The molecular weight excluding hydrogens is 459 g/mol. The molecule has 0 spiro atoms. The molecule has 2 aromatic rings. The van der Waals surface area contributed by atoms with E-state index in [4.69, 9.17) is 16.3 Å². The van der Waals surface area contributed by atoms with E-state index in [1.54, 1.807) is 12.3 Å². The Kier molecular flexibility index (Phi) is 7.35. The van der Waals surface area contributed by atoms with Crippen molar-refractivity contribution < 1.29 is 22.7 Å². The summed E-state index contributed by atoms with van der Waals surface area (Å²) in [6.07, 6.45) is -1.32. The highest BCUT2D eigenvalue weighted by molar-refractivity contribution is 6.30. The Balaban J connectivity index is 1.35. The number of likely N-dealkylation sites (tertiary alicyclic amines) is 1. The zero-order valence-electron chi connectivity index (χ0n) is 17.8. The quantitative estimate of drug-likeness (QED) is 0.633. The van der Waals surface area contributed by atoms with Gasteiger partial charge in [-0.15, -0.1) is 0 Å². The standard InChI is InChI=1S/C22H25ClF3N5O2/c23-16-3-1-15(2-4-16)11-30-9-6-17(7-10-30)29-18-12-31(20-5-8-27-14-28-20)13-19(18)33-21(32)22(24,25)26/h1-5,8,14,17-19,29H,6-7,9-13H2. The van der Waals surface area contributed by atoms with Gasteiger partial charge in [0.1, 0.15) is 18.2 Å². The lowest BCUT2D eigenvalue weighted by Crippen LogP contribution is -2.51. The minimum Gasteiger partial charge on any atom is -0.452 e. The predicted octanol–water partition coefficient (Wildman–Crippen LogP) is 3.05. The number of carbonyl (C=O) groups is 1. The van der Waals surface area contributed by atoms with Crippen LogP contribution < -0.4 is 10.2 Å². The van der Waals surface area contributed by atoms with Gasteiger partial charge in [0, 0.05) is 30.4 Å². The Bertz CT molecular complexity index is 924. The molecule has 0 aliphatic carbocycles. The number of hydrogen-bond donors (Lipinski definition) is 1. The molecule has 7 nitrogen and oxygen atoms in total. The normalized spacial score (nSPS) is 22.5. The maximum Gasteiger partial charge on any atom is 0.490 e. The molecule has 0 saturated carbocycles. The Morgan fingerprint density at radius 2 is 1.88 bits per heavy atom. The molecule has 2 fully saturated rings. The fraction of sp³-hybridized carbons (Fsp3) is 0.500. The number of halogens is 4. The van der Waals surface area contributed by atoms with Gasteiger partial charge in [-0.05, 0) is 49.7 Å². The molecule has 0 bridgehead atoms. The number of carbonyl (C=O) groups excluding carboxylic acids is 1. The molecule has 1 aromatic carbocycles. The third-order valence-corrected chi connectivity index (χ3v) is 6.26. The summed E-state index contributed by atoms with van der Waals surface area (Å²) < 4.78 is 43.3. The van der Waals surface area contributed by atoms with Crippen molar-refractivity contribution in [3.05, 3.63) is 53.4 Å². The van der Waals surface area contributed by atoms with E-state index in [-0.39, 0.29) is 12.6 Å². The van der Waals surface area contributed by atoms with E-state index < -0.39 is 24.3 Å². The number of aromatic nitrogens is 2. The fourth-order valence-electron chi connectivity index (χ4n) is 4.32. The average molecular weight is 484 g/mol. The van der Waals surface area contributed by atoms with E-state index in [2.05, 4.69) is 20.2 Å². The zero-order chi connectivity index (χ0) is 23.4. The van der Waals surface area contributed by atoms with Crippen LogP contribution in [0.5, 0.6) is 0 Å². The molecular formula is C22H25ClF3N5O2. The van der Waals surface area contributed by atoms with Gasteiger partial charge in [-0.3, -0.25) is 4.90 Å². The number of benzene rings is 1. The maximum atomic E-state index is 12.8. The number of nitrogens with one attached hydrogen (secondary N) is 1. The smallest absolute Gasteiger partial charge is 0.452 e. The van der Waals surface area contributed by atoms with Gasteiger partial charge in [0.2, 0.25) is 0 Å². The molecule has 3 heterocycles. The molecule has 33 heavy (non-hydrogen) atoms. The van der Waals surface area contributed by atoms with Crippen molar-refractivity contribution in [1.29, 1.82) is 0 Å². The second kappa shape index (κ2) is 10.2. The van der Waals surface area contributed by atoms with Gasteiger partial charge in [0.15, 0.2) is 0 Å². The number of rotatable bonds is 6. The molecule has 2 aliphatic heterocycles. The Labute approximate surface area is 194 Å². The SMILES string of the molecule is O=C(OC1CN(c2ccncn2)CC1NC1CCN(Cc2ccc(Cl)cc2)CC1)C(F)(F)F. The van der Waals surface area contributed by atoms with Crippen LogP contribution in [0.4, 0.5) is 19.0 Å². The van der Waals surface area contributed by atoms with Crippen LogP contribution in [0.25, 0.3) is 0 Å². The van der Waals surface area contributed by atoms with Crippen molar-refractivity contribution >= 4 is 23.4 Å². The molecule has 0 amide bonds. The summed E-state index contributed by atoms with van der Waals surface area (Å²) in [5, 5.41) is 4.15. The van der Waals surface area contributed by atoms with E-state index in [9.17, 15) is 18.0 Å². The molecule has 178 valence electrons. The fourth-order valence-corrected chi connectivity index (χ4v) is 4.45. The topological polar surface area (TPSA) is 70.6 Å². The number of alkyl halides is 3. The number of hydrogen-bond acceptors (Lipinski definition) is 7. The van der Waals surface area contributed by atoms with Gasteiger partial charge in [-0.2, -0.15) is 13.2 Å². The van der Waals surface area contributed by atoms with Crippen LogP contribution in [-0.2, 0) is 16.1 Å². The van der Waals surface area contributed by atoms with Gasteiger partial charge in [0.05, 0.1) is 12.6 Å². The Morgan fingerprint density at radius 1 is 1.15 bits per heavy atom. The molecule has 11 heteroatoms. The molecule has 2 unspecified atom stereocenters. The molecule has 2 aliphatic rings. The molecule has 2 atom stereocenters. The predicted molar refractivity (Wildman–Crippen MR) is 117 cm³/mol. The summed E-state index contributed by atoms with van der Waals surface area (Å²) in [7, 11) is 0. The monoisotopic (exact) mass is 483 g/mol. The van der Waals surface area contributed by atoms with Crippen LogP contribution in [0, 0.1) is 0 Å². The van der Waals surface area contributed by atoms with Crippen molar-refractivity contribution in [3.8, 4) is 0 Å². The number of anilines is 1. The van der Waals surface area contributed by atoms with Crippen molar-refractivity contribution in [2.75, 3.05) is 31.1 Å². The lowest BCUT2D eigenvalue weighted by atomic mass is 10.0. The molecule has 1 N–H and O–H groups in total. The Morgan fingerprint density at radius 3 is 2.52 bits per heavy atom. The maximum absolute atomic E-state index is 12.8. The van der Waals surface area contributed by atoms with E-state index in [0.717, 1.165) is 32.5 Å². The summed E-state index contributed by atoms with van der Waals surface area (Å²) in [6, 6.07) is 9.13. The van der Waals surface area contributed by atoms with Crippen LogP contribution in [0.1, 0.15) is 18.4 Å². The molecule has 1 aromatic heterocycles. The van der Waals surface area contributed by atoms with E-state index in [1.165, 1.54) is 11.9 Å². The third kappa shape index (κ3) is 6.33. The third-order valence-electron chi connectivity index (χ3n) is 6.00. The lowest BCUT2D eigenvalue weighted by molar-refractivity contribution is -0.204. The largest absolute Gasteiger partial charge is 0.490 e. The summed E-state index contributed by atoms with van der Waals surface area (Å²) >= 11 is 5.95. The zero-order valence-corrected chi connectivity index (χ0v) is 18.6. The highest BCUT2D eigenvalue weighted by atomic mass is 35.5. The summed E-state index contributed by atoms with van der Waals surface area (Å²) in [5.41, 5.74) is 1.18. The van der Waals surface area contributed by atoms with Crippen LogP contribution in [0.15, 0.2) is 42.9 Å². The van der Waals surface area contributed by atoms with Crippen molar-refractivity contribution in [2.24, 2.45) is 0 Å². The first-order valence-electron chi connectivity index (χ1n) is 10.8. The van der Waals surface area contributed by atoms with Gasteiger partial charge < -0.3 is 15.0 Å². The number of ether oxygens (including phenoxy) is 1. The minimum absolute atomic E-state index is 0.119. The first-order chi connectivity index (χ1) is 15.8. The second-order valence-corrected chi connectivity index (χ2v) is 8.80. The first-order valence-corrected chi connectivity index (χ1v) is 11.2. The van der Waals surface area contributed by atoms with Crippen LogP contribution >= 0.6 is 11.6 Å². The lowest BCUT2D eigenvalue weighted by Gasteiger charge is -2.34. The van der Waals surface area contributed by atoms with Gasteiger partial charge in [-0.1, -0.05) is 23.7 Å². The van der Waals surface area contributed by atoms with Crippen molar-refractivity contribution in [2.45, 2.75) is 43.8 Å². The van der Waals surface area contributed by atoms with E-state index in [1.807, 2.05) is 29.2 Å². The number of nitrogens with zero attached hydrogens (tertiary/aromatic N) is 4. The summed E-state index contributed by atoms with van der Waals surface area (Å²) in [6.45, 7) is 3.05. The number of esters is 1. The molecule has 2 saturated heterocycles. The summed E-state index contributed by atoms with van der Waals surface area (Å²) in [5.74, 6) is -1.58. The van der Waals surface area contributed by atoms with Gasteiger partial charge in [0.25, 0.3) is 0 Å². The Hall–Kier alpha value is -2.43. The highest BCUT2D eigenvalue weighted by Crippen LogP contribution is 2.25. The summed E-state index contributed by atoms with van der Waals surface area (Å²) in [4.78, 5) is 23.7. The van der Waals surface area contributed by atoms with Gasteiger partial charge >= 0.3 is 12.1 Å². The van der Waals surface area contributed by atoms with E-state index in [0.29, 0.717) is 17.4 Å². The van der Waals surface area contributed by atoms with Crippen molar-refractivity contribution in [1.82, 2.24) is 20.2 Å². The van der Waals surface area contributed by atoms with E-state index >= 15 is 0 Å². The molecule has 0 radical (unpaired) electrons. The van der Waals surface area contributed by atoms with Crippen LogP contribution in [-0.4, -0.2) is 71.4 Å². The average Bonchev–Trinajstić information content (AvgIpc) is 3.19. The second-order valence-electron chi connectivity index (χ2n) is 8.36. The first kappa shape index (κ1) is 23.7. The molecule has 4 rings (SSSR count). The van der Waals surface area contributed by atoms with Gasteiger partial charge in [-0.25, -0.2) is 14.8 Å². The van der Waals surface area contributed by atoms with Crippen molar-refractivity contribution in [3.63, 3.8) is 0 Å². The minimum atomic E-state index is -5.03. The number of piperidine rings is 1. The van der Waals surface area contributed by atoms with Crippen LogP contribution in [0.2, 0.25) is 5.02 Å². The highest BCUT2D eigenvalue weighted by Gasteiger charge is 2.46.